The maximum absolute atomic E-state index is 14.5. The fraction of sp³-hybridized carbons (Fsp3) is 0.913. The summed E-state index contributed by atoms with van der Waals surface area (Å²) in [7, 11) is 1.26. The van der Waals surface area contributed by atoms with Gasteiger partial charge in [-0.2, -0.15) is 127 Å². The summed E-state index contributed by atoms with van der Waals surface area (Å²) in [6, 6.07) is 0. The number of rotatable bonds is 19. The Morgan fingerprint density at radius 2 is 0.684 bits per heavy atom. The van der Waals surface area contributed by atoms with E-state index in [4.69, 9.17) is 5.11 Å². The highest BCUT2D eigenvalue weighted by molar-refractivity contribution is 5.68. The lowest BCUT2D eigenvalue weighted by atomic mass is 9.83. The molecule has 1 atom stereocenters. The van der Waals surface area contributed by atoms with E-state index in [1.807, 2.05) is 0 Å². The van der Waals surface area contributed by atoms with E-state index < -0.39 is 125 Å². The van der Waals surface area contributed by atoms with Crippen LogP contribution in [-0.4, -0.2) is 138 Å². The van der Waals surface area contributed by atoms with Gasteiger partial charge in [0.25, 0.3) is 0 Å². The fourth-order valence-corrected chi connectivity index (χ4v) is 4.15. The second kappa shape index (κ2) is 14.3. The van der Waals surface area contributed by atoms with Crippen LogP contribution in [0.2, 0.25) is 0 Å². The first-order valence-corrected chi connectivity index (χ1v) is 13.4. The second-order valence-corrected chi connectivity index (χ2v) is 12.2. The normalized spacial score (nSPS) is 16.8. The van der Waals surface area contributed by atoms with Gasteiger partial charge < -0.3 is 14.3 Å². The number of likely N-dealkylation sites (N-methyl/N-ethyl adjacent to an activating group) is 1. The van der Waals surface area contributed by atoms with Crippen molar-refractivity contribution < 1.29 is 151 Å². The highest BCUT2D eigenvalue weighted by Crippen LogP contribution is 2.69. The minimum Gasteiger partial charge on any atom is -0.477 e. The first kappa shape index (κ1) is 53.9. The van der Waals surface area contributed by atoms with Gasteiger partial charge in [-0.25, -0.2) is 4.79 Å². The summed E-state index contributed by atoms with van der Waals surface area (Å²) in [4.78, 5) is 22.0. The molecule has 0 bridgehead atoms. The number of quaternary nitrogens is 1. The molecular formula is C23H17F29NO4+. The number of aliphatic carboxylic acids is 1. The summed E-state index contributed by atoms with van der Waals surface area (Å²) in [5, 5.41) is 8.75. The monoisotopic (exact) mass is 922 g/mol. The van der Waals surface area contributed by atoms with Crippen molar-refractivity contribution in [2.75, 3.05) is 27.2 Å². The first-order valence-electron chi connectivity index (χ1n) is 13.4. The van der Waals surface area contributed by atoms with Gasteiger partial charge in [-0.1, -0.05) is 0 Å². The minimum absolute atomic E-state index is 0.186. The van der Waals surface area contributed by atoms with Gasteiger partial charge in [-0.05, 0) is 0 Å². The molecule has 57 heavy (non-hydrogen) atoms. The number of alkyl halides is 29. The van der Waals surface area contributed by atoms with Gasteiger partial charge in [-0.3, -0.25) is 4.79 Å². The van der Waals surface area contributed by atoms with E-state index in [0.29, 0.717) is 14.1 Å². The number of esters is 1. The van der Waals surface area contributed by atoms with Crippen molar-refractivity contribution in [1.82, 2.24) is 0 Å². The van der Waals surface area contributed by atoms with Gasteiger partial charge in [0.2, 0.25) is 0 Å². The van der Waals surface area contributed by atoms with Crippen LogP contribution in [0.5, 0.6) is 0 Å². The van der Waals surface area contributed by atoms with Gasteiger partial charge in [-0.15, -0.1) is 0 Å². The Kier molecular flexibility index (Phi) is 13.5. The molecule has 1 unspecified atom stereocenters. The molecule has 0 saturated heterocycles. The number of nitrogens with zero attached hydrogens (tertiary/aromatic N) is 1. The summed E-state index contributed by atoms with van der Waals surface area (Å²) >= 11 is 0. The van der Waals surface area contributed by atoms with Crippen LogP contribution in [0.15, 0.2) is 0 Å². The van der Waals surface area contributed by atoms with Crippen molar-refractivity contribution in [2.24, 2.45) is 0 Å². The molecular weight excluding hydrogens is 905 g/mol. The van der Waals surface area contributed by atoms with Crippen LogP contribution < -0.4 is 0 Å². The number of carbonyl (C=O) groups is 2. The quantitative estimate of drug-likeness (QED) is 0.0798. The Morgan fingerprint density at radius 3 is 0.895 bits per heavy atom. The average molecular weight is 922 g/mol. The zero-order valence-electron chi connectivity index (χ0n) is 26.8. The molecule has 0 amide bonds. The smallest absolute Gasteiger partial charge is 0.460 e. The number of carbonyl (C=O) groups excluding carboxylic acids is 1. The van der Waals surface area contributed by atoms with Crippen LogP contribution in [-0.2, 0) is 14.3 Å². The van der Waals surface area contributed by atoms with Crippen LogP contribution in [0.3, 0.4) is 0 Å². The third-order valence-corrected chi connectivity index (χ3v) is 7.23. The number of carboxylic acids is 1. The van der Waals surface area contributed by atoms with Crippen LogP contribution in [0.4, 0.5) is 127 Å². The second-order valence-electron chi connectivity index (χ2n) is 12.2. The van der Waals surface area contributed by atoms with Crippen molar-refractivity contribution in [1.29, 1.82) is 0 Å². The Hall–Kier alpha value is -3.13. The van der Waals surface area contributed by atoms with Crippen LogP contribution >= 0.6 is 0 Å². The van der Waals surface area contributed by atoms with E-state index >= 15 is 0 Å². The number of ether oxygens (including phenoxy) is 1. The highest BCUT2D eigenvalue weighted by atomic mass is 19.4. The van der Waals surface area contributed by atoms with Gasteiger partial charge in [0.05, 0.1) is 20.5 Å². The zero-order valence-corrected chi connectivity index (χ0v) is 26.8. The molecule has 0 aromatic carbocycles. The van der Waals surface area contributed by atoms with E-state index in [-0.39, 0.29) is 6.92 Å². The Balaban J connectivity index is 7.53. The van der Waals surface area contributed by atoms with E-state index in [1.54, 1.807) is 0 Å². The molecule has 0 aliphatic heterocycles. The zero-order chi connectivity index (χ0) is 47.1. The van der Waals surface area contributed by atoms with E-state index in [2.05, 4.69) is 4.74 Å². The standard InChI is InChI=1S/C23H16F29NO4/c1-7(54)57-8(5-53(2,3)6-9(55)56)4-10(24,25)11(26,27)12(28,29)13(30,31)14(32,33)15(34,35)16(36,37)17(38,39)18(40,41)19(42,43)20(44,45)21(46,47)22(48,49)23(50,51)52/h8H,4-6H2,1-3H3/p+1. The minimum atomic E-state index is -10.0. The van der Waals surface area contributed by atoms with E-state index in [9.17, 15) is 137 Å². The molecule has 0 aliphatic carbocycles. The van der Waals surface area contributed by atoms with Crippen molar-refractivity contribution in [3.05, 3.63) is 0 Å². The molecule has 0 fully saturated rings. The summed E-state index contributed by atoms with van der Waals surface area (Å²) in [5.74, 6) is -126. The van der Waals surface area contributed by atoms with Crippen LogP contribution in [0, 0.1) is 0 Å². The third kappa shape index (κ3) is 7.75. The molecule has 1 N–H and O–H groups in total. The number of hydrogen-bond donors (Lipinski definition) is 1. The van der Waals surface area contributed by atoms with Gasteiger partial charge in [0, 0.05) is 6.92 Å². The third-order valence-electron chi connectivity index (χ3n) is 7.23. The lowest BCUT2D eigenvalue weighted by Gasteiger charge is -2.46. The lowest BCUT2D eigenvalue weighted by molar-refractivity contribution is -0.886. The molecule has 340 valence electrons. The highest BCUT2D eigenvalue weighted by Gasteiger charge is 3.00. The predicted octanol–water partition coefficient (Wildman–Crippen LogP) is 9.29. The molecule has 0 aliphatic rings. The summed E-state index contributed by atoms with van der Waals surface area (Å²) in [6.45, 7) is -2.71. The maximum atomic E-state index is 14.5. The number of halogens is 29. The SMILES string of the molecule is CC(=O)OC(CC(F)(F)C(F)(F)C(F)(F)C(F)(F)C(F)(F)C(F)(F)C(F)(F)C(F)(F)C(F)(F)C(F)(F)C(F)(F)C(F)(F)C(F)(F)C(F)(F)F)C[N+](C)(C)CC(=O)O. The van der Waals surface area contributed by atoms with Gasteiger partial charge in [0.1, 0.15) is 6.54 Å². The lowest BCUT2D eigenvalue weighted by Crippen LogP contribution is -2.79. The Morgan fingerprint density at radius 1 is 0.456 bits per heavy atom. The van der Waals surface area contributed by atoms with Crippen molar-refractivity contribution in [3.63, 3.8) is 0 Å². The summed E-state index contributed by atoms with van der Waals surface area (Å²) < 4.78 is 401. The molecule has 0 spiro atoms. The molecule has 0 aromatic rings. The van der Waals surface area contributed by atoms with Gasteiger partial charge >= 0.3 is 95.1 Å². The Labute approximate surface area is 294 Å². The predicted molar refractivity (Wildman–Crippen MR) is 120 cm³/mol. The molecule has 34 heteroatoms. The molecule has 5 nitrogen and oxygen atoms in total. The summed E-state index contributed by atoms with van der Waals surface area (Å²) in [5.41, 5.74) is 0. The van der Waals surface area contributed by atoms with E-state index in [0.717, 1.165) is 0 Å². The first-order chi connectivity index (χ1) is 24.2. The number of carboxylic acid groups (broad SMARTS) is 1. The average Bonchev–Trinajstić information content (AvgIpc) is 2.93. The van der Waals surface area contributed by atoms with Crippen molar-refractivity contribution >= 4 is 11.9 Å². The Bertz CT molecular complexity index is 1480. The van der Waals surface area contributed by atoms with E-state index in [1.165, 1.54) is 0 Å². The molecule has 0 heterocycles. The van der Waals surface area contributed by atoms with Crippen molar-refractivity contribution in [3.8, 4) is 0 Å². The number of hydrogen-bond acceptors (Lipinski definition) is 3. The topological polar surface area (TPSA) is 63.6 Å². The molecule has 0 aromatic heterocycles. The van der Waals surface area contributed by atoms with Crippen LogP contribution in [0.1, 0.15) is 13.3 Å². The van der Waals surface area contributed by atoms with Crippen LogP contribution in [0.25, 0.3) is 0 Å². The molecule has 0 radical (unpaired) electrons. The van der Waals surface area contributed by atoms with Gasteiger partial charge in [0.15, 0.2) is 12.6 Å². The van der Waals surface area contributed by atoms with Crippen molar-refractivity contribution in [2.45, 2.75) is 103 Å². The fourth-order valence-electron chi connectivity index (χ4n) is 4.15. The maximum Gasteiger partial charge on any atom is 0.460 e. The summed E-state index contributed by atoms with van der Waals surface area (Å²) in [6.07, 6.45) is -14.9. The molecule has 0 saturated carbocycles. The molecule has 0 rings (SSSR count). The largest absolute Gasteiger partial charge is 0.477 e.